The predicted molar refractivity (Wildman–Crippen MR) is 81.9 cm³/mol. The van der Waals surface area contributed by atoms with Gasteiger partial charge in [0.05, 0.1) is 6.54 Å². The molecular weight excluding hydrogens is 282 g/mol. The van der Waals surface area contributed by atoms with E-state index in [0.29, 0.717) is 12.1 Å². The van der Waals surface area contributed by atoms with Crippen molar-refractivity contribution in [3.63, 3.8) is 0 Å². The number of ketones is 1. The number of nitrogens with one attached hydrogen (secondary N) is 1. The normalized spacial score (nSPS) is 10.2. The lowest BCUT2D eigenvalue weighted by Crippen LogP contribution is -2.22. The summed E-state index contributed by atoms with van der Waals surface area (Å²) in [4.78, 5) is 23.0. The highest BCUT2D eigenvalue weighted by Gasteiger charge is 2.11. The molecule has 0 saturated heterocycles. The SMILES string of the molecule is CC(=O)Oc1cc(C(=O)CNCc2ccccc2)ccc1O. The second kappa shape index (κ2) is 7.38. The van der Waals surface area contributed by atoms with Crippen LogP contribution in [-0.4, -0.2) is 23.4 Å². The van der Waals surface area contributed by atoms with Gasteiger partial charge in [0, 0.05) is 19.0 Å². The number of Topliss-reactive ketones (excluding diaryl/α,β-unsaturated/α-hetero) is 1. The van der Waals surface area contributed by atoms with Gasteiger partial charge in [-0.1, -0.05) is 30.3 Å². The van der Waals surface area contributed by atoms with Gasteiger partial charge in [0.25, 0.3) is 0 Å². The number of phenols is 1. The number of phenolic OH excluding ortho intramolecular Hbond substituents is 1. The summed E-state index contributed by atoms with van der Waals surface area (Å²) in [5.74, 6) is -0.892. The third kappa shape index (κ3) is 4.43. The van der Waals surface area contributed by atoms with Crippen LogP contribution in [0.3, 0.4) is 0 Å². The number of rotatable bonds is 6. The van der Waals surface area contributed by atoms with E-state index >= 15 is 0 Å². The third-order valence-electron chi connectivity index (χ3n) is 2.99. The Morgan fingerprint density at radius 3 is 2.55 bits per heavy atom. The highest BCUT2D eigenvalue weighted by molar-refractivity contribution is 5.98. The van der Waals surface area contributed by atoms with Gasteiger partial charge in [-0.05, 0) is 23.8 Å². The summed E-state index contributed by atoms with van der Waals surface area (Å²) in [6, 6.07) is 13.9. The van der Waals surface area contributed by atoms with Crippen molar-refractivity contribution in [1.82, 2.24) is 5.32 Å². The van der Waals surface area contributed by atoms with Gasteiger partial charge in [-0.3, -0.25) is 9.59 Å². The molecule has 0 saturated carbocycles. The Morgan fingerprint density at radius 1 is 1.14 bits per heavy atom. The van der Waals surface area contributed by atoms with Crippen molar-refractivity contribution in [2.45, 2.75) is 13.5 Å². The number of esters is 1. The molecule has 0 aliphatic rings. The van der Waals surface area contributed by atoms with Crippen molar-refractivity contribution in [2.75, 3.05) is 6.54 Å². The molecule has 0 amide bonds. The molecule has 0 fully saturated rings. The molecule has 0 atom stereocenters. The highest BCUT2D eigenvalue weighted by atomic mass is 16.5. The largest absolute Gasteiger partial charge is 0.504 e. The maximum atomic E-state index is 12.1. The van der Waals surface area contributed by atoms with Crippen LogP contribution in [0, 0.1) is 0 Å². The minimum atomic E-state index is -0.554. The van der Waals surface area contributed by atoms with Crippen molar-refractivity contribution in [2.24, 2.45) is 0 Å². The number of hydrogen-bond donors (Lipinski definition) is 2. The van der Waals surface area contributed by atoms with Gasteiger partial charge in [0.1, 0.15) is 0 Å². The Bertz CT molecular complexity index is 668. The van der Waals surface area contributed by atoms with Gasteiger partial charge in [-0.15, -0.1) is 0 Å². The summed E-state index contributed by atoms with van der Waals surface area (Å²) in [5, 5.41) is 12.6. The Kier molecular flexibility index (Phi) is 5.27. The highest BCUT2D eigenvalue weighted by Crippen LogP contribution is 2.27. The first-order valence-corrected chi connectivity index (χ1v) is 6.85. The molecule has 5 nitrogen and oxygen atoms in total. The van der Waals surface area contributed by atoms with E-state index in [0.717, 1.165) is 5.56 Å². The number of carbonyl (C=O) groups excluding carboxylic acids is 2. The Hall–Kier alpha value is -2.66. The van der Waals surface area contributed by atoms with E-state index in [-0.39, 0.29) is 23.8 Å². The van der Waals surface area contributed by atoms with E-state index in [2.05, 4.69) is 5.32 Å². The van der Waals surface area contributed by atoms with Gasteiger partial charge < -0.3 is 15.2 Å². The maximum Gasteiger partial charge on any atom is 0.308 e. The zero-order chi connectivity index (χ0) is 15.9. The molecule has 2 rings (SSSR count). The third-order valence-corrected chi connectivity index (χ3v) is 2.99. The second-order valence-electron chi connectivity index (χ2n) is 4.79. The fourth-order valence-electron chi connectivity index (χ4n) is 1.94. The molecule has 2 aromatic rings. The summed E-state index contributed by atoms with van der Waals surface area (Å²) in [6.07, 6.45) is 0. The molecule has 0 heterocycles. The van der Waals surface area contributed by atoms with Crippen molar-refractivity contribution in [3.8, 4) is 11.5 Å². The molecular formula is C17H17NO4. The molecule has 22 heavy (non-hydrogen) atoms. The topological polar surface area (TPSA) is 75.6 Å². The van der Waals surface area contributed by atoms with Crippen LogP contribution in [-0.2, 0) is 11.3 Å². The molecule has 0 aliphatic carbocycles. The zero-order valence-electron chi connectivity index (χ0n) is 12.2. The molecule has 0 aromatic heterocycles. The van der Waals surface area contributed by atoms with Crippen LogP contribution in [0.25, 0.3) is 0 Å². The summed E-state index contributed by atoms with van der Waals surface area (Å²) in [7, 11) is 0. The first-order chi connectivity index (χ1) is 10.6. The van der Waals surface area contributed by atoms with E-state index in [1.54, 1.807) is 0 Å². The number of benzene rings is 2. The molecule has 5 heteroatoms. The van der Waals surface area contributed by atoms with Crippen molar-refractivity contribution in [1.29, 1.82) is 0 Å². The van der Waals surface area contributed by atoms with E-state index < -0.39 is 5.97 Å². The van der Waals surface area contributed by atoms with Crippen LogP contribution >= 0.6 is 0 Å². The monoisotopic (exact) mass is 299 g/mol. The molecule has 2 N–H and O–H groups in total. The summed E-state index contributed by atoms with van der Waals surface area (Å²) < 4.78 is 4.85. The van der Waals surface area contributed by atoms with Crippen molar-refractivity contribution < 1.29 is 19.4 Å². The molecule has 0 radical (unpaired) electrons. The minimum Gasteiger partial charge on any atom is -0.504 e. The maximum absolute atomic E-state index is 12.1. The Morgan fingerprint density at radius 2 is 1.86 bits per heavy atom. The van der Waals surface area contributed by atoms with Crippen LogP contribution in [0.4, 0.5) is 0 Å². The van der Waals surface area contributed by atoms with Crippen LogP contribution in [0.15, 0.2) is 48.5 Å². The Labute approximate surface area is 128 Å². The lowest BCUT2D eigenvalue weighted by atomic mass is 10.1. The molecule has 0 aliphatic heterocycles. The Balaban J connectivity index is 1.96. The average molecular weight is 299 g/mol. The summed E-state index contributed by atoms with van der Waals surface area (Å²) in [6.45, 7) is 1.97. The fraction of sp³-hybridized carbons (Fsp3) is 0.176. The standard InChI is InChI=1S/C17H17NO4/c1-12(19)22-17-9-14(7-8-15(17)20)16(21)11-18-10-13-5-3-2-4-6-13/h2-9,18,20H,10-11H2,1H3. The number of aromatic hydroxyl groups is 1. The van der Waals surface area contributed by atoms with Crippen LogP contribution < -0.4 is 10.1 Å². The van der Waals surface area contributed by atoms with Gasteiger partial charge >= 0.3 is 5.97 Å². The lowest BCUT2D eigenvalue weighted by Gasteiger charge is -2.08. The molecule has 0 unspecified atom stereocenters. The molecule has 0 bridgehead atoms. The van der Waals surface area contributed by atoms with Crippen LogP contribution in [0.5, 0.6) is 11.5 Å². The number of hydrogen-bond acceptors (Lipinski definition) is 5. The van der Waals surface area contributed by atoms with Gasteiger partial charge in [-0.25, -0.2) is 0 Å². The van der Waals surface area contributed by atoms with E-state index in [1.807, 2.05) is 30.3 Å². The van der Waals surface area contributed by atoms with E-state index in [9.17, 15) is 14.7 Å². The molecule has 0 spiro atoms. The lowest BCUT2D eigenvalue weighted by molar-refractivity contribution is -0.132. The van der Waals surface area contributed by atoms with Crippen LogP contribution in [0.1, 0.15) is 22.8 Å². The predicted octanol–water partition coefficient (Wildman–Crippen LogP) is 2.29. The molecule has 114 valence electrons. The smallest absolute Gasteiger partial charge is 0.308 e. The minimum absolute atomic E-state index is 0.0126. The van der Waals surface area contributed by atoms with E-state index in [1.165, 1.54) is 25.1 Å². The second-order valence-corrected chi connectivity index (χ2v) is 4.79. The first kappa shape index (κ1) is 15.7. The van der Waals surface area contributed by atoms with Gasteiger partial charge in [0.15, 0.2) is 17.3 Å². The quantitative estimate of drug-likeness (QED) is 0.486. The van der Waals surface area contributed by atoms with Gasteiger partial charge in [0.2, 0.25) is 0 Å². The first-order valence-electron chi connectivity index (χ1n) is 6.85. The van der Waals surface area contributed by atoms with Crippen molar-refractivity contribution >= 4 is 11.8 Å². The zero-order valence-corrected chi connectivity index (χ0v) is 12.2. The van der Waals surface area contributed by atoms with Crippen molar-refractivity contribution in [3.05, 3.63) is 59.7 Å². The summed E-state index contributed by atoms with van der Waals surface area (Å²) >= 11 is 0. The number of ether oxygens (including phenoxy) is 1. The average Bonchev–Trinajstić information content (AvgIpc) is 2.50. The van der Waals surface area contributed by atoms with Crippen LogP contribution in [0.2, 0.25) is 0 Å². The van der Waals surface area contributed by atoms with E-state index in [4.69, 9.17) is 4.74 Å². The van der Waals surface area contributed by atoms with Gasteiger partial charge in [-0.2, -0.15) is 0 Å². The fourth-order valence-corrected chi connectivity index (χ4v) is 1.94. The summed E-state index contributed by atoms with van der Waals surface area (Å²) in [5.41, 5.74) is 1.45. The number of carbonyl (C=O) groups is 2. The molecule has 2 aromatic carbocycles.